The number of aromatic hydroxyl groups is 1. The number of unbranched alkanes of at least 4 members (excludes halogenated alkanes) is 9. The minimum Gasteiger partial charge on any atom is -0.508 e. The Morgan fingerprint density at radius 1 is 0.964 bits per heavy atom. The SMILES string of the molecule is CCCCC/C=C\CCCCCCCCc1cc(O)cc(OC)c1OC(C)=O. The Labute approximate surface area is 170 Å². The molecule has 0 atom stereocenters. The Morgan fingerprint density at radius 3 is 2.18 bits per heavy atom. The summed E-state index contributed by atoms with van der Waals surface area (Å²) in [5, 5.41) is 9.86. The van der Waals surface area contributed by atoms with Gasteiger partial charge in [-0.15, -0.1) is 0 Å². The van der Waals surface area contributed by atoms with Crippen molar-refractivity contribution in [3.8, 4) is 17.2 Å². The molecule has 0 saturated heterocycles. The summed E-state index contributed by atoms with van der Waals surface area (Å²) in [5.74, 6) is 0.571. The highest BCUT2D eigenvalue weighted by Gasteiger charge is 2.15. The van der Waals surface area contributed by atoms with Crippen molar-refractivity contribution in [1.29, 1.82) is 0 Å². The lowest BCUT2D eigenvalue weighted by Gasteiger charge is -2.14. The first-order chi connectivity index (χ1) is 13.6. The summed E-state index contributed by atoms with van der Waals surface area (Å²) in [6, 6.07) is 3.13. The Bertz CT molecular complexity index is 593. The molecular weight excluding hydrogens is 352 g/mol. The van der Waals surface area contributed by atoms with Gasteiger partial charge in [0.25, 0.3) is 0 Å². The molecule has 0 amide bonds. The largest absolute Gasteiger partial charge is 0.508 e. The third-order valence-electron chi connectivity index (χ3n) is 4.79. The van der Waals surface area contributed by atoms with E-state index < -0.39 is 0 Å². The molecule has 1 rings (SSSR count). The van der Waals surface area contributed by atoms with Crippen molar-refractivity contribution >= 4 is 5.97 Å². The van der Waals surface area contributed by atoms with E-state index in [1.807, 2.05) is 0 Å². The van der Waals surface area contributed by atoms with Crippen LogP contribution in [0.4, 0.5) is 0 Å². The van der Waals surface area contributed by atoms with Gasteiger partial charge in [-0.1, -0.05) is 57.6 Å². The molecule has 0 heterocycles. The molecule has 0 aliphatic carbocycles. The monoisotopic (exact) mass is 390 g/mol. The van der Waals surface area contributed by atoms with Crippen molar-refractivity contribution in [2.45, 2.75) is 90.9 Å². The number of methoxy groups -OCH3 is 1. The van der Waals surface area contributed by atoms with Gasteiger partial charge in [0.2, 0.25) is 0 Å². The van der Waals surface area contributed by atoms with Crippen molar-refractivity contribution in [1.82, 2.24) is 0 Å². The van der Waals surface area contributed by atoms with E-state index in [1.165, 1.54) is 77.9 Å². The number of phenols is 1. The lowest BCUT2D eigenvalue weighted by molar-refractivity contribution is -0.132. The van der Waals surface area contributed by atoms with Crippen LogP contribution in [0.5, 0.6) is 17.2 Å². The van der Waals surface area contributed by atoms with Crippen LogP contribution < -0.4 is 9.47 Å². The van der Waals surface area contributed by atoms with E-state index in [1.54, 1.807) is 6.07 Å². The molecule has 0 aromatic heterocycles. The summed E-state index contributed by atoms with van der Waals surface area (Å²) >= 11 is 0. The molecule has 0 aliphatic heterocycles. The Balaban J connectivity index is 2.24. The average molecular weight is 391 g/mol. The third-order valence-corrected chi connectivity index (χ3v) is 4.79. The highest BCUT2D eigenvalue weighted by atomic mass is 16.6. The van der Waals surface area contributed by atoms with Crippen molar-refractivity contribution in [3.63, 3.8) is 0 Å². The highest BCUT2D eigenvalue weighted by Crippen LogP contribution is 2.36. The summed E-state index contributed by atoms with van der Waals surface area (Å²) < 4.78 is 10.5. The smallest absolute Gasteiger partial charge is 0.308 e. The molecule has 158 valence electrons. The second-order valence-corrected chi connectivity index (χ2v) is 7.36. The van der Waals surface area contributed by atoms with Gasteiger partial charge in [-0.25, -0.2) is 0 Å². The van der Waals surface area contributed by atoms with E-state index in [-0.39, 0.29) is 11.7 Å². The van der Waals surface area contributed by atoms with Crippen LogP contribution in [0.15, 0.2) is 24.3 Å². The topological polar surface area (TPSA) is 55.8 Å². The van der Waals surface area contributed by atoms with Gasteiger partial charge in [-0.2, -0.15) is 0 Å². The molecule has 0 radical (unpaired) electrons. The van der Waals surface area contributed by atoms with Gasteiger partial charge in [0, 0.05) is 18.6 Å². The average Bonchev–Trinajstić information content (AvgIpc) is 2.66. The predicted octanol–water partition coefficient (Wildman–Crippen LogP) is 6.74. The number of carbonyl (C=O) groups excluding carboxylic acids is 1. The Kier molecular flexibility index (Phi) is 12.9. The van der Waals surface area contributed by atoms with E-state index in [2.05, 4.69) is 19.1 Å². The van der Waals surface area contributed by atoms with Crippen molar-refractivity contribution in [2.24, 2.45) is 0 Å². The van der Waals surface area contributed by atoms with Crippen LogP contribution in [-0.2, 0) is 11.2 Å². The van der Waals surface area contributed by atoms with Crippen LogP contribution in [0, 0.1) is 0 Å². The summed E-state index contributed by atoms with van der Waals surface area (Å²) in [7, 11) is 1.51. The molecule has 1 aromatic carbocycles. The molecule has 0 fully saturated rings. The van der Waals surface area contributed by atoms with Crippen LogP contribution >= 0.6 is 0 Å². The van der Waals surface area contributed by atoms with E-state index in [0.717, 1.165) is 24.8 Å². The summed E-state index contributed by atoms with van der Waals surface area (Å²) in [6.45, 7) is 3.61. The first-order valence-corrected chi connectivity index (χ1v) is 10.8. The molecule has 28 heavy (non-hydrogen) atoms. The predicted molar refractivity (Wildman–Crippen MR) is 115 cm³/mol. The quantitative estimate of drug-likeness (QED) is 0.156. The number of aryl methyl sites for hydroxylation is 1. The zero-order chi connectivity index (χ0) is 20.6. The van der Waals surface area contributed by atoms with E-state index >= 15 is 0 Å². The number of esters is 1. The van der Waals surface area contributed by atoms with E-state index in [4.69, 9.17) is 9.47 Å². The summed E-state index contributed by atoms with van der Waals surface area (Å²) in [6.07, 6.45) is 18.9. The van der Waals surface area contributed by atoms with Gasteiger partial charge in [-0.3, -0.25) is 4.79 Å². The van der Waals surface area contributed by atoms with Crippen LogP contribution in [0.25, 0.3) is 0 Å². The third kappa shape index (κ3) is 10.4. The maximum absolute atomic E-state index is 11.4. The molecule has 0 unspecified atom stereocenters. The van der Waals surface area contributed by atoms with Crippen LogP contribution in [0.3, 0.4) is 0 Å². The fraction of sp³-hybridized carbons (Fsp3) is 0.625. The molecule has 0 aliphatic rings. The van der Waals surface area contributed by atoms with E-state index in [9.17, 15) is 9.90 Å². The second kappa shape index (κ2) is 15.0. The lowest BCUT2D eigenvalue weighted by atomic mass is 10.0. The number of ether oxygens (including phenoxy) is 2. The van der Waals surface area contributed by atoms with Crippen molar-refractivity contribution < 1.29 is 19.4 Å². The lowest BCUT2D eigenvalue weighted by Crippen LogP contribution is -2.06. The van der Waals surface area contributed by atoms with Gasteiger partial charge < -0.3 is 14.6 Å². The number of carbonyl (C=O) groups is 1. The van der Waals surface area contributed by atoms with Crippen molar-refractivity contribution in [2.75, 3.05) is 7.11 Å². The minimum absolute atomic E-state index is 0.130. The fourth-order valence-electron chi connectivity index (χ4n) is 3.27. The molecule has 1 aromatic rings. The normalized spacial score (nSPS) is 11.1. The van der Waals surface area contributed by atoms with Crippen LogP contribution in [0.1, 0.15) is 90.0 Å². The molecule has 0 spiro atoms. The molecule has 4 heteroatoms. The number of hydrogen-bond acceptors (Lipinski definition) is 4. The molecule has 0 saturated carbocycles. The first-order valence-electron chi connectivity index (χ1n) is 10.8. The number of hydrogen-bond donors (Lipinski definition) is 1. The Hall–Kier alpha value is -1.97. The highest BCUT2D eigenvalue weighted by molar-refractivity contribution is 5.71. The number of allylic oxidation sites excluding steroid dienone is 2. The maximum atomic E-state index is 11.4. The summed E-state index contributed by atoms with van der Waals surface area (Å²) in [4.78, 5) is 11.4. The Morgan fingerprint density at radius 2 is 1.57 bits per heavy atom. The van der Waals surface area contributed by atoms with Gasteiger partial charge in [-0.05, 0) is 44.6 Å². The van der Waals surface area contributed by atoms with Gasteiger partial charge in [0.1, 0.15) is 5.75 Å². The van der Waals surface area contributed by atoms with Crippen LogP contribution in [0.2, 0.25) is 0 Å². The zero-order valence-electron chi connectivity index (χ0n) is 18.0. The zero-order valence-corrected chi connectivity index (χ0v) is 18.0. The standard InChI is InChI=1S/C24H38O4/c1-4-5-6-7-8-9-10-11-12-13-14-15-16-17-21-18-22(26)19-23(27-3)24(21)28-20(2)25/h8-9,18-19,26H,4-7,10-17H2,1-3H3/b9-8-. The first kappa shape index (κ1) is 24.1. The molecule has 0 bridgehead atoms. The van der Waals surface area contributed by atoms with E-state index in [0.29, 0.717) is 11.5 Å². The van der Waals surface area contributed by atoms with Gasteiger partial charge in [0.15, 0.2) is 11.5 Å². The van der Waals surface area contributed by atoms with Crippen LogP contribution in [-0.4, -0.2) is 18.2 Å². The number of phenolic OH excluding ortho intramolecular Hbond substituents is 1. The van der Waals surface area contributed by atoms with Gasteiger partial charge in [0.05, 0.1) is 7.11 Å². The molecular formula is C24H38O4. The minimum atomic E-state index is -0.385. The molecule has 4 nitrogen and oxygen atoms in total. The number of rotatable bonds is 15. The van der Waals surface area contributed by atoms with Gasteiger partial charge >= 0.3 is 5.97 Å². The maximum Gasteiger partial charge on any atom is 0.308 e. The van der Waals surface area contributed by atoms with Crippen molar-refractivity contribution in [3.05, 3.63) is 29.8 Å². The molecule has 1 N–H and O–H groups in total. The second-order valence-electron chi connectivity index (χ2n) is 7.36. The fourth-order valence-corrected chi connectivity index (χ4v) is 3.27. The summed E-state index contributed by atoms with van der Waals surface area (Å²) in [5.41, 5.74) is 0.820. The number of benzene rings is 1.